The number of aliphatic imine (C=N–C) groups is 1. The lowest BCUT2D eigenvalue weighted by molar-refractivity contribution is 0.0740. The van der Waals surface area contributed by atoms with Gasteiger partial charge in [0, 0.05) is 21.9 Å². The van der Waals surface area contributed by atoms with Gasteiger partial charge in [-0.2, -0.15) is 0 Å². The van der Waals surface area contributed by atoms with Crippen molar-refractivity contribution < 1.29 is 9.53 Å². The average molecular weight is 392 g/mol. The van der Waals surface area contributed by atoms with E-state index in [1.807, 2.05) is 72.8 Å². The van der Waals surface area contributed by atoms with Crippen LogP contribution in [0.2, 0.25) is 5.02 Å². The topological polar surface area (TPSA) is 38.7 Å². The van der Waals surface area contributed by atoms with E-state index < -0.39 is 5.97 Å². The minimum Gasteiger partial charge on any atom is -0.422 e. The average Bonchev–Trinajstić information content (AvgIpc) is 3.05. The van der Waals surface area contributed by atoms with Crippen molar-refractivity contribution in [3.8, 4) is 5.75 Å². The number of esters is 1. The second kappa shape index (κ2) is 7.74. The molecule has 0 aliphatic heterocycles. The number of halogens is 1. The molecule has 3 aromatic carbocycles. The van der Waals surface area contributed by atoms with E-state index in [1.165, 1.54) is 11.3 Å². The molecule has 0 bridgehead atoms. The second-order valence-electron chi connectivity index (χ2n) is 5.76. The molecular formula is C22H14ClNO2S. The minimum absolute atomic E-state index is 0.396. The van der Waals surface area contributed by atoms with E-state index in [9.17, 15) is 4.79 Å². The predicted octanol–water partition coefficient (Wildman–Crippen LogP) is 6.52. The highest BCUT2D eigenvalue weighted by Gasteiger charge is 2.19. The normalized spacial score (nSPS) is 11.1. The summed E-state index contributed by atoms with van der Waals surface area (Å²) in [4.78, 5) is 17.5. The number of hydrogen-bond acceptors (Lipinski definition) is 4. The second-order valence-corrected chi connectivity index (χ2v) is 7.19. The molecule has 0 atom stereocenters. The Morgan fingerprint density at radius 2 is 1.63 bits per heavy atom. The van der Waals surface area contributed by atoms with Gasteiger partial charge in [-0.15, -0.1) is 11.3 Å². The van der Waals surface area contributed by atoms with Gasteiger partial charge in [-0.3, -0.25) is 4.99 Å². The van der Waals surface area contributed by atoms with Crippen LogP contribution in [-0.4, -0.2) is 12.2 Å². The maximum absolute atomic E-state index is 12.7. The van der Waals surface area contributed by atoms with E-state index in [2.05, 4.69) is 4.99 Å². The zero-order chi connectivity index (χ0) is 18.6. The summed E-state index contributed by atoms with van der Waals surface area (Å²) in [5.74, 6) is -0.0301. The van der Waals surface area contributed by atoms with Crippen LogP contribution in [0, 0.1) is 0 Å². The third kappa shape index (κ3) is 3.77. The van der Waals surface area contributed by atoms with Crippen molar-refractivity contribution in [2.24, 2.45) is 4.99 Å². The number of thiophene rings is 1. The fraction of sp³-hybridized carbons (Fsp3) is 0. The molecule has 4 rings (SSSR count). The molecule has 27 heavy (non-hydrogen) atoms. The lowest BCUT2D eigenvalue weighted by Crippen LogP contribution is -2.08. The lowest BCUT2D eigenvalue weighted by Gasteiger charge is -2.06. The Bertz CT molecular complexity index is 1140. The van der Waals surface area contributed by atoms with Crippen molar-refractivity contribution in [2.75, 3.05) is 0 Å². The lowest BCUT2D eigenvalue weighted by atomic mass is 10.2. The first kappa shape index (κ1) is 17.5. The Kier molecular flexibility index (Phi) is 5.01. The number of ether oxygens (including phenoxy) is 1. The van der Waals surface area contributed by atoms with Crippen molar-refractivity contribution in [2.45, 2.75) is 0 Å². The summed E-state index contributed by atoms with van der Waals surface area (Å²) in [7, 11) is 0. The Morgan fingerprint density at radius 1 is 0.926 bits per heavy atom. The van der Waals surface area contributed by atoms with E-state index in [1.54, 1.807) is 12.3 Å². The Labute approximate surface area is 165 Å². The molecule has 0 amide bonds. The number of carbonyl (C=O) groups is 1. The quantitative estimate of drug-likeness (QED) is 0.225. The van der Waals surface area contributed by atoms with Gasteiger partial charge in [-0.1, -0.05) is 60.1 Å². The predicted molar refractivity (Wildman–Crippen MR) is 112 cm³/mol. The molecule has 0 aliphatic rings. The Hall–Kier alpha value is -2.95. The zero-order valence-corrected chi connectivity index (χ0v) is 15.7. The fourth-order valence-corrected chi connectivity index (χ4v) is 4.01. The van der Waals surface area contributed by atoms with Crippen LogP contribution in [0.25, 0.3) is 10.1 Å². The minimum atomic E-state index is -0.471. The molecule has 1 heterocycles. The first-order chi connectivity index (χ1) is 13.2. The number of para-hydroxylation sites is 2. The Morgan fingerprint density at radius 3 is 2.44 bits per heavy atom. The van der Waals surface area contributed by atoms with E-state index in [0.29, 0.717) is 21.2 Å². The summed E-state index contributed by atoms with van der Waals surface area (Å²) in [6.07, 6.45) is 1.68. The van der Waals surface area contributed by atoms with Crippen molar-refractivity contribution in [3.63, 3.8) is 0 Å². The van der Waals surface area contributed by atoms with Crippen molar-refractivity contribution in [1.82, 2.24) is 0 Å². The van der Waals surface area contributed by atoms with E-state index >= 15 is 0 Å². The monoisotopic (exact) mass is 391 g/mol. The van der Waals surface area contributed by atoms with E-state index in [0.717, 1.165) is 15.8 Å². The molecule has 0 fully saturated rings. The van der Waals surface area contributed by atoms with Gasteiger partial charge in [-0.25, -0.2) is 4.79 Å². The van der Waals surface area contributed by atoms with Gasteiger partial charge in [0.2, 0.25) is 0 Å². The van der Waals surface area contributed by atoms with Gasteiger partial charge >= 0.3 is 5.97 Å². The zero-order valence-electron chi connectivity index (χ0n) is 14.1. The Balaban J connectivity index is 1.61. The standard InChI is InChI=1S/C22H14ClNO2S/c23-20-17-11-5-7-13-19(17)27-21(20)22(25)26-18-12-6-4-8-15(18)14-24-16-9-2-1-3-10-16/h1-14H. The molecule has 4 aromatic rings. The van der Waals surface area contributed by atoms with Gasteiger partial charge in [-0.05, 0) is 30.3 Å². The largest absolute Gasteiger partial charge is 0.422 e. The van der Waals surface area contributed by atoms with Gasteiger partial charge < -0.3 is 4.74 Å². The highest BCUT2D eigenvalue weighted by atomic mass is 35.5. The van der Waals surface area contributed by atoms with Crippen LogP contribution in [0.3, 0.4) is 0 Å². The molecule has 3 nitrogen and oxygen atoms in total. The highest BCUT2D eigenvalue weighted by molar-refractivity contribution is 7.21. The first-order valence-electron chi connectivity index (χ1n) is 8.30. The molecule has 1 aromatic heterocycles. The van der Waals surface area contributed by atoms with Crippen LogP contribution in [0.1, 0.15) is 15.2 Å². The number of benzene rings is 3. The van der Waals surface area contributed by atoms with Gasteiger partial charge in [0.1, 0.15) is 10.6 Å². The molecule has 5 heteroatoms. The van der Waals surface area contributed by atoms with Crippen LogP contribution in [0.4, 0.5) is 5.69 Å². The number of carbonyl (C=O) groups excluding carboxylic acids is 1. The molecule has 0 unspecified atom stereocenters. The first-order valence-corrected chi connectivity index (χ1v) is 9.49. The van der Waals surface area contributed by atoms with E-state index in [4.69, 9.17) is 16.3 Å². The summed E-state index contributed by atoms with van der Waals surface area (Å²) in [6.45, 7) is 0. The van der Waals surface area contributed by atoms with Crippen LogP contribution >= 0.6 is 22.9 Å². The summed E-state index contributed by atoms with van der Waals surface area (Å²) in [6, 6.07) is 24.5. The molecule has 0 N–H and O–H groups in total. The van der Waals surface area contributed by atoms with Crippen LogP contribution in [0.15, 0.2) is 83.9 Å². The molecule has 0 saturated carbocycles. The van der Waals surface area contributed by atoms with Gasteiger partial charge in [0.25, 0.3) is 0 Å². The third-order valence-corrected chi connectivity index (χ3v) is 5.61. The molecule has 0 saturated heterocycles. The van der Waals surface area contributed by atoms with Crippen molar-refractivity contribution >= 4 is 50.9 Å². The number of fused-ring (bicyclic) bond motifs is 1. The number of nitrogens with zero attached hydrogens (tertiary/aromatic N) is 1. The smallest absolute Gasteiger partial charge is 0.355 e. The molecule has 0 aliphatic carbocycles. The van der Waals surface area contributed by atoms with Gasteiger partial charge in [0.05, 0.1) is 10.7 Å². The van der Waals surface area contributed by atoms with Crippen LogP contribution < -0.4 is 4.74 Å². The summed E-state index contributed by atoms with van der Waals surface area (Å²) < 4.78 is 6.58. The van der Waals surface area contributed by atoms with E-state index in [-0.39, 0.29) is 0 Å². The highest BCUT2D eigenvalue weighted by Crippen LogP contribution is 2.36. The molecule has 0 radical (unpaired) electrons. The molecular weight excluding hydrogens is 378 g/mol. The molecule has 0 spiro atoms. The maximum Gasteiger partial charge on any atom is 0.355 e. The molecule has 132 valence electrons. The van der Waals surface area contributed by atoms with Crippen molar-refractivity contribution in [3.05, 3.63) is 94.3 Å². The summed E-state index contributed by atoms with van der Waals surface area (Å²) >= 11 is 7.71. The number of rotatable bonds is 4. The fourth-order valence-electron chi connectivity index (χ4n) is 2.63. The van der Waals surface area contributed by atoms with Crippen molar-refractivity contribution in [1.29, 1.82) is 0 Å². The third-order valence-electron chi connectivity index (χ3n) is 3.95. The maximum atomic E-state index is 12.7. The summed E-state index contributed by atoms with van der Waals surface area (Å²) in [5, 5.41) is 1.28. The SMILES string of the molecule is O=C(Oc1ccccc1C=Nc1ccccc1)c1sc2ccccc2c1Cl. The summed E-state index contributed by atoms with van der Waals surface area (Å²) in [5.41, 5.74) is 1.54. The van der Waals surface area contributed by atoms with Crippen LogP contribution in [-0.2, 0) is 0 Å². The van der Waals surface area contributed by atoms with Gasteiger partial charge in [0.15, 0.2) is 0 Å². The number of hydrogen-bond donors (Lipinski definition) is 0. The van der Waals surface area contributed by atoms with Crippen LogP contribution in [0.5, 0.6) is 5.75 Å².